The molecule has 0 radical (unpaired) electrons. The van der Waals surface area contributed by atoms with Gasteiger partial charge >= 0.3 is 0 Å². The van der Waals surface area contributed by atoms with Gasteiger partial charge in [0, 0.05) is 5.02 Å². The molecule has 1 aromatic heterocycles. The third-order valence-electron chi connectivity index (χ3n) is 4.58. The molecule has 0 fully saturated rings. The molecule has 4 nitrogen and oxygen atoms in total. The summed E-state index contributed by atoms with van der Waals surface area (Å²) < 4.78 is 1.73. The van der Waals surface area contributed by atoms with Crippen molar-refractivity contribution in [2.45, 2.75) is 58.1 Å². The van der Waals surface area contributed by atoms with Gasteiger partial charge in [-0.3, -0.25) is 4.68 Å². The van der Waals surface area contributed by atoms with Crippen molar-refractivity contribution in [2.24, 2.45) is 5.92 Å². The first kappa shape index (κ1) is 18.0. The fourth-order valence-electron chi connectivity index (χ4n) is 3.04. The highest BCUT2D eigenvalue weighted by atomic mass is 35.5. The molecule has 1 aromatic carbocycles. The molecular formula is C18H26ClN3O. The number of aromatic nitrogens is 3. The largest absolute Gasteiger partial charge is 0.388 e. The first-order valence-electron chi connectivity index (χ1n) is 8.36. The number of unbranched alkanes of at least 4 members (excludes halogenated alkanes) is 1. The van der Waals surface area contributed by atoms with Gasteiger partial charge in [-0.05, 0) is 42.9 Å². The summed E-state index contributed by atoms with van der Waals surface area (Å²) in [6, 6.07) is 7.92. The molecule has 2 atom stereocenters. The minimum atomic E-state index is -0.789. The fourth-order valence-corrected chi connectivity index (χ4v) is 3.17. The second-order valence-corrected chi connectivity index (χ2v) is 6.66. The van der Waals surface area contributed by atoms with Crippen molar-refractivity contribution in [1.29, 1.82) is 0 Å². The molecule has 126 valence electrons. The van der Waals surface area contributed by atoms with Crippen molar-refractivity contribution < 1.29 is 5.11 Å². The molecule has 5 heteroatoms. The van der Waals surface area contributed by atoms with Crippen LogP contribution in [0.4, 0.5) is 0 Å². The Morgan fingerprint density at radius 2 is 2.00 bits per heavy atom. The molecule has 2 rings (SSSR count). The van der Waals surface area contributed by atoms with Crippen LogP contribution < -0.4 is 0 Å². The minimum Gasteiger partial charge on any atom is -0.388 e. The molecule has 1 heterocycles. The van der Waals surface area contributed by atoms with Gasteiger partial charge in [-0.2, -0.15) is 5.10 Å². The molecule has 0 amide bonds. The van der Waals surface area contributed by atoms with Crippen molar-refractivity contribution in [3.05, 3.63) is 47.5 Å². The Bertz CT molecular complexity index is 570. The van der Waals surface area contributed by atoms with Gasteiger partial charge in [-0.1, -0.05) is 50.4 Å². The van der Waals surface area contributed by atoms with Crippen LogP contribution in [0.15, 0.2) is 36.9 Å². The Hall–Kier alpha value is -1.39. The lowest BCUT2D eigenvalue weighted by molar-refractivity contribution is -0.0437. The van der Waals surface area contributed by atoms with Crippen LogP contribution in [0.25, 0.3) is 0 Å². The highest BCUT2D eigenvalue weighted by Crippen LogP contribution is 2.31. The molecule has 0 aliphatic heterocycles. The van der Waals surface area contributed by atoms with Crippen molar-refractivity contribution in [2.75, 3.05) is 0 Å². The van der Waals surface area contributed by atoms with Gasteiger partial charge in [-0.25, -0.2) is 4.98 Å². The van der Waals surface area contributed by atoms with E-state index in [1.807, 2.05) is 31.2 Å². The summed E-state index contributed by atoms with van der Waals surface area (Å²) in [5, 5.41) is 16.2. The van der Waals surface area contributed by atoms with Crippen LogP contribution in [-0.2, 0) is 13.0 Å². The molecule has 0 bridgehead atoms. The summed E-state index contributed by atoms with van der Waals surface area (Å²) in [5.74, 6) is 0.179. The van der Waals surface area contributed by atoms with Gasteiger partial charge in [0.25, 0.3) is 0 Å². The fraction of sp³-hybridized carbons (Fsp3) is 0.556. The average molecular weight is 336 g/mol. The van der Waals surface area contributed by atoms with Gasteiger partial charge in [-0.15, -0.1) is 0 Å². The molecule has 0 saturated carbocycles. The highest BCUT2D eigenvalue weighted by molar-refractivity contribution is 6.30. The summed E-state index contributed by atoms with van der Waals surface area (Å²) in [4.78, 5) is 3.98. The third kappa shape index (κ3) is 5.05. The van der Waals surface area contributed by atoms with E-state index < -0.39 is 5.60 Å². The first-order chi connectivity index (χ1) is 11.1. The topological polar surface area (TPSA) is 50.9 Å². The van der Waals surface area contributed by atoms with E-state index in [4.69, 9.17) is 11.6 Å². The van der Waals surface area contributed by atoms with Crippen LogP contribution in [0.5, 0.6) is 0 Å². The maximum absolute atomic E-state index is 11.3. The van der Waals surface area contributed by atoms with E-state index in [2.05, 4.69) is 17.0 Å². The lowest BCUT2D eigenvalue weighted by Gasteiger charge is -2.36. The van der Waals surface area contributed by atoms with E-state index >= 15 is 0 Å². The second-order valence-electron chi connectivity index (χ2n) is 6.22. The van der Waals surface area contributed by atoms with Crippen LogP contribution in [0.1, 0.15) is 45.1 Å². The van der Waals surface area contributed by atoms with E-state index in [9.17, 15) is 5.11 Å². The summed E-state index contributed by atoms with van der Waals surface area (Å²) in [5.41, 5.74) is 0.420. The maximum atomic E-state index is 11.3. The number of halogens is 1. The molecule has 0 aliphatic rings. The van der Waals surface area contributed by atoms with Crippen molar-refractivity contribution in [1.82, 2.24) is 14.8 Å². The standard InChI is InChI=1S/C18H26ClN3O/c1-3-5-6-16(11-15-7-9-17(19)10-8-15)18(23,4-2)12-22-14-20-13-21-22/h7-10,13-14,16,23H,3-6,11-12H2,1-2H3. The number of hydrogen-bond acceptors (Lipinski definition) is 3. The van der Waals surface area contributed by atoms with Gasteiger partial charge in [0.1, 0.15) is 12.7 Å². The Morgan fingerprint density at radius 1 is 1.26 bits per heavy atom. The van der Waals surface area contributed by atoms with Crippen molar-refractivity contribution >= 4 is 11.6 Å². The average Bonchev–Trinajstić information content (AvgIpc) is 3.05. The quantitative estimate of drug-likeness (QED) is 0.749. The molecule has 23 heavy (non-hydrogen) atoms. The third-order valence-corrected chi connectivity index (χ3v) is 4.83. The summed E-state index contributed by atoms with van der Waals surface area (Å²) in [7, 11) is 0. The molecule has 0 aliphatic carbocycles. The normalized spacial score (nSPS) is 15.3. The zero-order valence-corrected chi connectivity index (χ0v) is 14.7. The zero-order valence-electron chi connectivity index (χ0n) is 14.0. The van der Waals surface area contributed by atoms with E-state index in [1.165, 1.54) is 11.9 Å². The predicted octanol–water partition coefficient (Wildman–Crippen LogP) is 4.12. The number of rotatable bonds is 9. The Kier molecular flexibility index (Phi) is 6.60. The van der Waals surface area contributed by atoms with Crippen molar-refractivity contribution in [3.8, 4) is 0 Å². The Balaban J connectivity index is 2.17. The number of aliphatic hydroxyl groups is 1. The highest BCUT2D eigenvalue weighted by Gasteiger charge is 2.35. The Morgan fingerprint density at radius 3 is 2.57 bits per heavy atom. The maximum Gasteiger partial charge on any atom is 0.137 e. The molecule has 0 spiro atoms. The van der Waals surface area contributed by atoms with Gasteiger partial charge in [0.05, 0.1) is 12.1 Å². The predicted molar refractivity (Wildman–Crippen MR) is 93.4 cm³/mol. The molecule has 2 aromatic rings. The summed E-state index contributed by atoms with van der Waals surface area (Å²) >= 11 is 5.98. The van der Waals surface area contributed by atoms with Crippen LogP contribution >= 0.6 is 11.6 Å². The van der Waals surface area contributed by atoms with Crippen LogP contribution in [0, 0.1) is 5.92 Å². The zero-order chi connectivity index (χ0) is 16.7. The van der Waals surface area contributed by atoms with E-state index in [0.29, 0.717) is 13.0 Å². The number of hydrogen-bond donors (Lipinski definition) is 1. The number of nitrogens with zero attached hydrogens (tertiary/aromatic N) is 3. The smallest absolute Gasteiger partial charge is 0.137 e. The summed E-state index contributed by atoms with van der Waals surface area (Å²) in [6.07, 6.45) is 7.94. The number of benzene rings is 1. The lowest BCUT2D eigenvalue weighted by atomic mass is 9.78. The summed E-state index contributed by atoms with van der Waals surface area (Å²) in [6.45, 7) is 4.70. The molecule has 0 saturated heterocycles. The SMILES string of the molecule is CCCCC(Cc1ccc(Cl)cc1)C(O)(CC)Cn1cncn1. The van der Waals surface area contributed by atoms with Gasteiger partial charge < -0.3 is 5.11 Å². The lowest BCUT2D eigenvalue weighted by Crippen LogP contribution is -2.43. The van der Waals surface area contributed by atoms with Gasteiger partial charge in [0.15, 0.2) is 0 Å². The first-order valence-corrected chi connectivity index (χ1v) is 8.74. The molecule has 1 N–H and O–H groups in total. The van der Waals surface area contributed by atoms with E-state index in [-0.39, 0.29) is 5.92 Å². The Labute approximate surface area is 143 Å². The minimum absolute atomic E-state index is 0.179. The molecular weight excluding hydrogens is 310 g/mol. The van der Waals surface area contributed by atoms with Gasteiger partial charge in [0.2, 0.25) is 0 Å². The van der Waals surface area contributed by atoms with E-state index in [1.54, 1.807) is 11.0 Å². The van der Waals surface area contributed by atoms with Crippen LogP contribution in [-0.4, -0.2) is 25.5 Å². The van der Waals surface area contributed by atoms with E-state index in [0.717, 1.165) is 30.7 Å². The monoisotopic (exact) mass is 335 g/mol. The van der Waals surface area contributed by atoms with Crippen LogP contribution in [0.2, 0.25) is 5.02 Å². The van der Waals surface area contributed by atoms with Crippen molar-refractivity contribution in [3.63, 3.8) is 0 Å². The molecule has 2 unspecified atom stereocenters. The second kappa shape index (κ2) is 8.46. The van der Waals surface area contributed by atoms with Crippen LogP contribution in [0.3, 0.4) is 0 Å².